The topological polar surface area (TPSA) is 56.3 Å². The van der Waals surface area contributed by atoms with Gasteiger partial charge in [-0.1, -0.05) is 0 Å². The molecule has 0 aliphatic carbocycles. The van der Waals surface area contributed by atoms with Gasteiger partial charge < -0.3 is 15.4 Å². The molecule has 0 spiro atoms. The van der Waals surface area contributed by atoms with E-state index in [9.17, 15) is 0 Å². The van der Waals surface area contributed by atoms with E-state index in [0.29, 0.717) is 5.69 Å². The molecule has 0 atom stereocenters. The molecule has 5 heteroatoms. The predicted octanol–water partition coefficient (Wildman–Crippen LogP) is 2.43. The summed E-state index contributed by atoms with van der Waals surface area (Å²) in [7, 11) is 3.96. The van der Waals surface area contributed by atoms with Crippen LogP contribution in [0.25, 0.3) is 0 Å². The molecule has 0 unspecified atom stereocenters. The summed E-state index contributed by atoms with van der Waals surface area (Å²) in [6.45, 7) is 4.77. The summed E-state index contributed by atoms with van der Waals surface area (Å²) in [5, 5.41) is 4.18. The molecule has 108 valence electrons. The molecule has 20 heavy (non-hydrogen) atoms. The monoisotopic (exact) mass is 274 g/mol. The van der Waals surface area contributed by atoms with Crippen molar-refractivity contribution in [3.8, 4) is 5.75 Å². The van der Waals surface area contributed by atoms with Crippen LogP contribution >= 0.6 is 0 Å². The molecule has 0 saturated heterocycles. The Morgan fingerprint density at radius 1 is 1.40 bits per heavy atom. The van der Waals surface area contributed by atoms with Gasteiger partial charge in [-0.2, -0.15) is 5.10 Å². The largest absolute Gasteiger partial charge is 0.489 e. The van der Waals surface area contributed by atoms with E-state index < -0.39 is 0 Å². The van der Waals surface area contributed by atoms with E-state index in [1.165, 1.54) is 0 Å². The van der Waals surface area contributed by atoms with Crippen molar-refractivity contribution in [2.45, 2.75) is 26.5 Å². The van der Waals surface area contributed by atoms with E-state index in [2.05, 4.69) is 10.00 Å². The van der Waals surface area contributed by atoms with E-state index in [1.54, 1.807) is 4.68 Å². The third kappa shape index (κ3) is 3.44. The highest BCUT2D eigenvalue weighted by Crippen LogP contribution is 2.28. The van der Waals surface area contributed by atoms with Crippen molar-refractivity contribution < 1.29 is 4.74 Å². The normalized spacial score (nSPS) is 10.8. The fourth-order valence-corrected chi connectivity index (χ4v) is 2.04. The van der Waals surface area contributed by atoms with Crippen LogP contribution in [0.15, 0.2) is 30.6 Å². The van der Waals surface area contributed by atoms with Crippen molar-refractivity contribution in [2.24, 2.45) is 7.05 Å². The van der Waals surface area contributed by atoms with Gasteiger partial charge in [0.1, 0.15) is 5.75 Å². The fourth-order valence-electron chi connectivity index (χ4n) is 2.04. The second-order valence-electron chi connectivity index (χ2n) is 5.27. The highest BCUT2D eigenvalue weighted by Gasteiger charge is 2.08. The number of nitrogens with zero attached hydrogens (tertiary/aromatic N) is 3. The summed E-state index contributed by atoms with van der Waals surface area (Å²) >= 11 is 0. The van der Waals surface area contributed by atoms with E-state index in [-0.39, 0.29) is 6.10 Å². The van der Waals surface area contributed by atoms with Gasteiger partial charge in [0.25, 0.3) is 0 Å². The Kier molecular flexibility index (Phi) is 4.17. The van der Waals surface area contributed by atoms with Gasteiger partial charge in [-0.05, 0) is 26.0 Å². The molecule has 2 rings (SSSR count). The van der Waals surface area contributed by atoms with Crippen molar-refractivity contribution >= 4 is 11.4 Å². The van der Waals surface area contributed by atoms with E-state index >= 15 is 0 Å². The summed E-state index contributed by atoms with van der Waals surface area (Å²) in [5.41, 5.74) is 8.83. The summed E-state index contributed by atoms with van der Waals surface area (Å²) in [5.74, 6) is 0.732. The van der Waals surface area contributed by atoms with Crippen LogP contribution < -0.4 is 15.4 Å². The van der Waals surface area contributed by atoms with Gasteiger partial charge in [-0.25, -0.2) is 0 Å². The molecule has 0 aliphatic heterocycles. The van der Waals surface area contributed by atoms with Crippen molar-refractivity contribution in [2.75, 3.05) is 17.7 Å². The van der Waals surface area contributed by atoms with Gasteiger partial charge in [-0.15, -0.1) is 0 Å². The summed E-state index contributed by atoms with van der Waals surface area (Å²) in [4.78, 5) is 2.14. The molecular weight excluding hydrogens is 252 g/mol. The second kappa shape index (κ2) is 5.86. The van der Waals surface area contributed by atoms with Gasteiger partial charge in [0, 0.05) is 44.2 Å². The first-order valence-corrected chi connectivity index (χ1v) is 6.70. The van der Waals surface area contributed by atoms with Crippen molar-refractivity contribution in [1.29, 1.82) is 0 Å². The first-order valence-electron chi connectivity index (χ1n) is 6.70. The number of nitrogen functional groups attached to an aromatic ring is 1. The summed E-state index contributed by atoms with van der Waals surface area (Å²) in [6.07, 6.45) is 4.00. The van der Waals surface area contributed by atoms with Crippen LogP contribution in [-0.4, -0.2) is 22.9 Å². The molecule has 0 radical (unpaired) electrons. The zero-order chi connectivity index (χ0) is 14.7. The Labute approximate surface area is 119 Å². The van der Waals surface area contributed by atoms with Gasteiger partial charge in [-0.3, -0.25) is 4.68 Å². The molecule has 2 aromatic rings. The zero-order valence-electron chi connectivity index (χ0n) is 12.5. The van der Waals surface area contributed by atoms with E-state index in [4.69, 9.17) is 10.5 Å². The van der Waals surface area contributed by atoms with Crippen LogP contribution in [0.4, 0.5) is 11.4 Å². The van der Waals surface area contributed by atoms with E-state index in [0.717, 1.165) is 23.5 Å². The average molecular weight is 274 g/mol. The third-order valence-electron chi connectivity index (χ3n) is 2.98. The smallest absolute Gasteiger partial charge is 0.144 e. The van der Waals surface area contributed by atoms with Gasteiger partial charge >= 0.3 is 0 Å². The molecule has 2 N–H and O–H groups in total. The summed E-state index contributed by atoms with van der Waals surface area (Å²) in [6, 6.07) is 5.86. The van der Waals surface area contributed by atoms with Gasteiger partial charge in [0.05, 0.1) is 18.0 Å². The minimum absolute atomic E-state index is 0.108. The SMILES string of the molecule is CC(C)Oc1cc(N(C)Cc2cnn(C)c2)ccc1N. The zero-order valence-corrected chi connectivity index (χ0v) is 12.5. The first-order chi connectivity index (χ1) is 9.45. The molecule has 0 bridgehead atoms. The Hall–Kier alpha value is -2.17. The molecule has 0 amide bonds. The minimum Gasteiger partial charge on any atom is -0.489 e. The van der Waals surface area contributed by atoms with Crippen LogP contribution in [0.1, 0.15) is 19.4 Å². The van der Waals surface area contributed by atoms with Crippen LogP contribution in [0.5, 0.6) is 5.75 Å². The number of hydrogen-bond donors (Lipinski definition) is 1. The first kappa shape index (κ1) is 14.2. The highest BCUT2D eigenvalue weighted by atomic mass is 16.5. The molecule has 1 aromatic carbocycles. The predicted molar refractivity (Wildman–Crippen MR) is 81.9 cm³/mol. The number of ether oxygens (including phenoxy) is 1. The number of nitrogens with two attached hydrogens (primary N) is 1. The number of hydrogen-bond acceptors (Lipinski definition) is 4. The Morgan fingerprint density at radius 2 is 2.15 bits per heavy atom. The van der Waals surface area contributed by atoms with Crippen molar-refractivity contribution in [1.82, 2.24) is 9.78 Å². The number of aryl methyl sites for hydroxylation is 1. The molecule has 5 nitrogen and oxygen atoms in total. The Balaban J connectivity index is 2.15. The van der Waals surface area contributed by atoms with E-state index in [1.807, 2.05) is 58.5 Å². The quantitative estimate of drug-likeness (QED) is 0.851. The highest BCUT2D eigenvalue weighted by molar-refractivity contribution is 5.62. The van der Waals surface area contributed by atoms with Crippen LogP contribution in [0.2, 0.25) is 0 Å². The lowest BCUT2D eigenvalue weighted by atomic mass is 10.2. The molecule has 1 aromatic heterocycles. The van der Waals surface area contributed by atoms with Crippen LogP contribution in [0, 0.1) is 0 Å². The van der Waals surface area contributed by atoms with Crippen LogP contribution in [-0.2, 0) is 13.6 Å². The average Bonchev–Trinajstić information content (AvgIpc) is 2.77. The molecular formula is C15H22N4O. The summed E-state index contributed by atoms with van der Waals surface area (Å²) < 4.78 is 7.53. The number of anilines is 2. The van der Waals surface area contributed by atoms with Gasteiger partial charge in [0.2, 0.25) is 0 Å². The Morgan fingerprint density at radius 3 is 2.75 bits per heavy atom. The van der Waals surface area contributed by atoms with Crippen LogP contribution in [0.3, 0.4) is 0 Å². The second-order valence-corrected chi connectivity index (χ2v) is 5.27. The fraction of sp³-hybridized carbons (Fsp3) is 0.400. The van der Waals surface area contributed by atoms with Crippen molar-refractivity contribution in [3.05, 3.63) is 36.2 Å². The maximum absolute atomic E-state index is 5.94. The lowest BCUT2D eigenvalue weighted by Gasteiger charge is -2.21. The van der Waals surface area contributed by atoms with Gasteiger partial charge in [0.15, 0.2) is 0 Å². The number of benzene rings is 1. The minimum atomic E-state index is 0.108. The lowest BCUT2D eigenvalue weighted by molar-refractivity contribution is 0.244. The Bertz CT molecular complexity index is 577. The maximum atomic E-state index is 5.94. The molecule has 0 fully saturated rings. The third-order valence-corrected chi connectivity index (χ3v) is 2.98. The van der Waals surface area contributed by atoms with Crippen molar-refractivity contribution in [3.63, 3.8) is 0 Å². The number of aromatic nitrogens is 2. The molecule has 1 heterocycles. The lowest BCUT2D eigenvalue weighted by Crippen LogP contribution is -2.16. The maximum Gasteiger partial charge on any atom is 0.144 e. The molecule has 0 aliphatic rings. The molecule has 0 saturated carbocycles. The standard InChI is InChI=1S/C15H22N4O/c1-11(2)20-15-7-13(5-6-14(15)16)18(3)9-12-8-17-19(4)10-12/h5-8,10-11H,9,16H2,1-4H3. The number of rotatable bonds is 5.